The van der Waals surface area contributed by atoms with E-state index >= 15 is 0 Å². The van der Waals surface area contributed by atoms with Crippen LogP contribution < -0.4 is 5.32 Å². The van der Waals surface area contributed by atoms with Gasteiger partial charge in [-0.2, -0.15) is 0 Å². The molecule has 0 atom stereocenters. The molecule has 0 aromatic heterocycles. The van der Waals surface area contributed by atoms with Crippen molar-refractivity contribution in [2.24, 2.45) is 0 Å². The van der Waals surface area contributed by atoms with Crippen LogP contribution >= 0.6 is 0 Å². The van der Waals surface area contributed by atoms with Crippen molar-refractivity contribution in [3.63, 3.8) is 0 Å². The Balaban J connectivity index is 2.05. The minimum absolute atomic E-state index is 0.0405. The van der Waals surface area contributed by atoms with Gasteiger partial charge in [-0.1, -0.05) is 23.8 Å². The number of aromatic hydroxyl groups is 1. The highest BCUT2D eigenvalue weighted by Crippen LogP contribution is 2.11. The molecule has 0 spiro atoms. The van der Waals surface area contributed by atoms with E-state index in [9.17, 15) is 9.18 Å². The Kier molecular flexibility index (Phi) is 3.80. The van der Waals surface area contributed by atoms with Gasteiger partial charge in [-0.05, 0) is 36.8 Å². The molecule has 2 N–H and O–H groups in total. The Labute approximate surface area is 110 Å². The van der Waals surface area contributed by atoms with Crippen LogP contribution in [0.5, 0.6) is 5.75 Å². The molecule has 0 aliphatic heterocycles. The van der Waals surface area contributed by atoms with Gasteiger partial charge in [-0.15, -0.1) is 0 Å². The molecule has 98 valence electrons. The number of nitrogens with one attached hydrogen (secondary N) is 1. The second-order valence-corrected chi connectivity index (χ2v) is 4.33. The average molecular weight is 259 g/mol. The molecule has 0 saturated heterocycles. The van der Waals surface area contributed by atoms with Crippen molar-refractivity contribution >= 4 is 5.91 Å². The molecule has 0 radical (unpaired) electrons. The molecule has 0 bridgehead atoms. The summed E-state index contributed by atoms with van der Waals surface area (Å²) in [6.45, 7) is 2.09. The summed E-state index contributed by atoms with van der Waals surface area (Å²) in [7, 11) is 0. The lowest BCUT2D eigenvalue weighted by Crippen LogP contribution is -2.23. The van der Waals surface area contributed by atoms with Gasteiger partial charge >= 0.3 is 0 Å². The third-order valence-corrected chi connectivity index (χ3v) is 2.76. The minimum Gasteiger partial charge on any atom is -0.508 e. The van der Waals surface area contributed by atoms with Crippen LogP contribution in [0.2, 0.25) is 0 Å². The summed E-state index contributed by atoms with van der Waals surface area (Å²) in [6, 6.07) is 10.9. The largest absolute Gasteiger partial charge is 0.508 e. The van der Waals surface area contributed by atoms with Crippen LogP contribution in [0.4, 0.5) is 4.39 Å². The number of hydrogen-bond donors (Lipinski definition) is 2. The summed E-state index contributed by atoms with van der Waals surface area (Å²) < 4.78 is 13.5. The second kappa shape index (κ2) is 5.52. The van der Waals surface area contributed by atoms with E-state index in [0.29, 0.717) is 0 Å². The minimum atomic E-state index is -0.534. The zero-order valence-corrected chi connectivity index (χ0v) is 10.5. The van der Waals surface area contributed by atoms with Crippen LogP contribution in [0.1, 0.15) is 21.5 Å². The molecule has 3 nitrogen and oxygen atoms in total. The van der Waals surface area contributed by atoms with Crippen LogP contribution in [-0.4, -0.2) is 11.0 Å². The topological polar surface area (TPSA) is 49.3 Å². The SMILES string of the molecule is Cc1ccc(F)c(C(=O)NCc2ccc(O)cc2)c1. The fourth-order valence-electron chi connectivity index (χ4n) is 1.70. The predicted molar refractivity (Wildman–Crippen MR) is 70.4 cm³/mol. The number of carbonyl (C=O) groups excluding carboxylic acids is 1. The van der Waals surface area contributed by atoms with E-state index in [0.717, 1.165) is 11.1 Å². The summed E-state index contributed by atoms with van der Waals surface area (Å²) in [4.78, 5) is 11.9. The van der Waals surface area contributed by atoms with Crippen molar-refractivity contribution in [1.82, 2.24) is 5.32 Å². The fraction of sp³-hybridized carbons (Fsp3) is 0.133. The van der Waals surface area contributed by atoms with Gasteiger partial charge in [0.15, 0.2) is 0 Å². The standard InChI is InChI=1S/C15H14FNO2/c1-10-2-7-14(16)13(8-10)15(19)17-9-11-3-5-12(18)6-4-11/h2-8,18H,9H2,1H3,(H,17,19). The Morgan fingerprint density at radius 1 is 1.21 bits per heavy atom. The van der Waals surface area contributed by atoms with Gasteiger partial charge in [-0.3, -0.25) is 4.79 Å². The molecule has 0 heterocycles. The van der Waals surface area contributed by atoms with Crippen LogP contribution in [-0.2, 0) is 6.54 Å². The smallest absolute Gasteiger partial charge is 0.254 e. The number of rotatable bonds is 3. The molecule has 2 aromatic carbocycles. The number of benzene rings is 2. The third kappa shape index (κ3) is 3.31. The van der Waals surface area contributed by atoms with Crippen molar-refractivity contribution in [3.8, 4) is 5.75 Å². The molecular formula is C15H14FNO2. The highest BCUT2D eigenvalue weighted by Gasteiger charge is 2.11. The molecular weight excluding hydrogens is 245 g/mol. The second-order valence-electron chi connectivity index (χ2n) is 4.33. The highest BCUT2D eigenvalue weighted by atomic mass is 19.1. The van der Waals surface area contributed by atoms with E-state index < -0.39 is 11.7 Å². The van der Waals surface area contributed by atoms with Crippen molar-refractivity contribution in [2.45, 2.75) is 13.5 Å². The first-order valence-corrected chi connectivity index (χ1v) is 5.88. The molecule has 2 aromatic rings. The van der Waals surface area contributed by atoms with Crippen LogP contribution in [0.25, 0.3) is 0 Å². The molecule has 4 heteroatoms. The van der Waals surface area contributed by atoms with E-state index in [4.69, 9.17) is 5.11 Å². The van der Waals surface area contributed by atoms with E-state index in [1.807, 2.05) is 0 Å². The van der Waals surface area contributed by atoms with Gasteiger partial charge in [0.2, 0.25) is 0 Å². The maximum Gasteiger partial charge on any atom is 0.254 e. The van der Waals surface area contributed by atoms with Gasteiger partial charge in [0.05, 0.1) is 5.56 Å². The molecule has 1 amide bonds. The summed E-state index contributed by atoms with van der Waals surface area (Å²) in [5.74, 6) is -0.817. The zero-order valence-electron chi connectivity index (χ0n) is 10.5. The molecule has 0 fully saturated rings. The van der Waals surface area contributed by atoms with Gasteiger partial charge in [0.1, 0.15) is 11.6 Å². The van der Waals surface area contributed by atoms with Crippen molar-refractivity contribution in [1.29, 1.82) is 0 Å². The van der Waals surface area contributed by atoms with Crippen molar-refractivity contribution in [3.05, 3.63) is 65.0 Å². The van der Waals surface area contributed by atoms with E-state index in [2.05, 4.69) is 5.32 Å². The Morgan fingerprint density at radius 3 is 2.58 bits per heavy atom. The predicted octanol–water partition coefficient (Wildman–Crippen LogP) is 2.77. The normalized spacial score (nSPS) is 10.2. The van der Waals surface area contributed by atoms with Crippen LogP contribution in [0, 0.1) is 12.7 Å². The Bertz CT molecular complexity index is 594. The lowest BCUT2D eigenvalue weighted by Gasteiger charge is -2.07. The van der Waals surface area contributed by atoms with Gasteiger partial charge in [-0.25, -0.2) is 4.39 Å². The highest BCUT2D eigenvalue weighted by molar-refractivity contribution is 5.94. The maximum absolute atomic E-state index is 13.5. The van der Waals surface area contributed by atoms with Gasteiger partial charge in [0, 0.05) is 6.54 Å². The number of phenolic OH excluding ortho intramolecular Hbond substituents is 1. The number of carbonyl (C=O) groups is 1. The number of phenols is 1. The molecule has 0 saturated carbocycles. The van der Waals surface area contributed by atoms with E-state index in [1.54, 1.807) is 25.1 Å². The van der Waals surface area contributed by atoms with Crippen LogP contribution in [0.15, 0.2) is 42.5 Å². The summed E-state index contributed by atoms with van der Waals surface area (Å²) >= 11 is 0. The first-order valence-electron chi connectivity index (χ1n) is 5.88. The first kappa shape index (κ1) is 13.1. The average Bonchev–Trinajstić information content (AvgIpc) is 2.40. The lowest BCUT2D eigenvalue weighted by molar-refractivity contribution is 0.0947. The van der Waals surface area contributed by atoms with Gasteiger partial charge in [0.25, 0.3) is 5.91 Å². The lowest BCUT2D eigenvalue weighted by atomic mass is 10.1. The van der Waals surface area contributed by atoms with E-state index in [-0.39, 0.29) is 17.9 Å². The number of amides is 1. The summed E-state index contributed by atoms with van der Waals surface area (Å²) in [6.07, 6.45) is 0. The Hall–Kier alpha value is -2.36. The number of halogens is 1. The molecule has 2 rings (SSSR count). The van der Waals surface area contributed by atoms with E-state index in [1.165, 1.54) is 24.3 Å². The zero-order chi connectivity index (χ0) is 13.8. The molecule has 19 heavy (non-hydrogen) atoms. The number of aryl methyl sites for hydroxylation is 1. The van der Waals surface area contributed by atoms with Crippen molar-refractivity contribution in [2.75, 3.05) is 0 Å². The maximum atomic E-state index is 13.5. The summed E-state index contributed by atoms with van der Waals surface area (Å²) in [5.41, 5.74) is 1.70. The molecule has 0 unspecified atom stereocenters. The number of hydrogen-bond acceptors (Lipinski definition) is 2. The Morgan fingerprint density at radius 2 is 1.89 bits per heavy atom. The monoisotopic (exact) mass is 259 g/mol. The van der Waals surface area contributed by atoms with Gasteiger partial charge < -0.3 is 10.4 Å². The van der Waals surface area contributed by atoms with Crippen LogP contribution in [0.3, 0.4) is 0 Å². The molecule has 0 aliphatic carbocycles. The quantitative estimate of drug-likeness (QED) is 0.890. The third-order valence-electron chi connectivity index (χ3n) is 2.76. The summed E-state index contributed by atoms with van der Waals surface area (Å²) in [5, 5.41) is 11.8. The first-order chi connectivity index (χ1) is 9.06. The fourth-order valence-corrected chi connectivity index (χ4v) is 1.70. The van der Waals surface area contributed by atoms with Crippen molar-refractivity contribution < 1.29 is 14.3 Å². The molecule has 0 aliphatic rings.